The van der Waals surface area contributed by atoms with E-state index in [-0.39, 0.29) is 12.3 Å². The van der Waals surface area contributed by atoms with E-state index in [9.17, 15) is 14.7 Å². The van der Waals surface area contributed by atoms with Gasteiger partial charge < -0.3 is 19.5 Å². The minimum Gasteiger partial charge on any atom is -0.493 e. The highest BCUT2D eigenvalue weighted by atomic mass is 16.5. The van der Waals surface area contributed by atoms with E-state index in [0.717, 1.165) is 18.4 Å². The Morgan fingerprint density at radius 1 is 1.23 bits per heavy atom. The molecule has 0 aromatic heterocycles. The molecular formula is C16H21NO5. The van der Waals surface area contributed by atoms with Crippen LogP contribution in [0.25, 0.3) is 0 Å². The molecule has 1 aliphatic heterocycles. The Morgan fingerprint density at radius 2 is 1.95 bits per heavy atom. The van der Waals surface area contributed by atoms with Crippen LogP contribution in [0.3, 0.4) is 0 Å². The second-order valence-electron chi connectivity index (χ2n) is 5.30. The van der Waals surface area contributed by atoms with Crippen molar-refractivity contribution in [3.05, 3.63) is 23.8 Å². The maximum absolute atomic E-state index is 12.4. The number of hydrogen-bond acceptors (Lipinski definition) is 4. The van der Waals surface area contributed by atoms with Gasteiger partial charge in [0.1, 0.15) is 6.04 Å². The highest BCUT2D eigenvalue weighted by Gasteiger charge is 2.31. The van der Waals surface area contributed by atoms with Crippen LogP contribution in [0.5, 0.6) is 11.5 Å². The second kappa shape index (κ2) is 7.15. The van der Waals surface area contributed by atoms with Gasteiger partial charge in [0.05, 0.1) is 20.6 Å². The zero-order valence-electron chi connectivity index (χ0n) is 12.9. The van der Waals surface area contributed by atoms with Crippen molar-refractivity contribution in [2.45, 2.75) is 31.7 Å². The lowest BCUT2D eigenvalue weighted by Gasteiger charge is -2.33. The molecule has 0 saturated carbocycles. The van der Waals surface area contributed by atoms with Crippen LogP contribution in [0.1, 0.15) is 24.8 Å². The number of piperidine rings is 1. The minimum atomic E-state index is -0.930. The zero-order chi connectivity index (χ0) is 16.1. The van der Waals surface area contributed by atoms with Crippen LogP contribution in [0.15, 0.2) is 18.2 Å². The molecule has 120 valence electrons. The minimum absolute atomic E-state index is 0.157. The number of carbonyl (C=O) groups excluding carboxylic acids is 1. The molecule has 1 fully saturated rings. The van der Waals surface area contributed by atoms with E-state index in [1.807, 2.05) is 0 Å². The number of ether oxygens (including phenoxy) is 2. The number of nitrogens with zero attached hydrogens (tertiary/aromatic N) is 1. The maximum atomic E-state index is 12.4. The van der Waals surface area contributed by atoms with E-state index < -0.39 is 12.0 Å². The molecule has 6 heteroatoms. The summed E-state index contributed by atoms with van der Waals surface area (Å²) >= 11 is 0. The van der Waals surface area contributed by atoms with E-state index in [2.05, 4.69) is 0 Å². The largest absolute Gasteiger partial charge is 0.493 e. The molecule has 2 rings (SSSR count). The highest BCUT2D eigenvalue weighted by Crippen LogP contribution is 2.28. The highest BCUT2D eigenvalue weighted by molar-refractivity contribution is 5.85. The van der Waals surface area contributed by atoms with Gasteiger partial charge >= 0.3 is 5.97 Å². The third-order valence-electron chi connectivity index (χ3n) is 3.91. The predicted octanol–water partition coefficient (Wildman–Crippen LogP) is 1.71. The Hall–Kier alpha value is -2.24. The predicted molar refractivity (Wildman–Crippen MR) is 80.2 cm³/mol. The van der Waals surface area contributed by atoms with E-state index in [0.29, 0.717) is 24.5 Å². The molecule has 6 nitrogen and oxygen atoms in total. The van der Waals surface area contributed by atoms with Gasteiger partial charge in [-0.15, -0.1) is 0 Å². The van der Waals surface area contributed by atoms with E-state index in [1.165, 1.54) is 12.0 Å². The second-order valence-corrected chi connectivity index (χ2v) is 5.30. The number of aliphatic carboxylic acids is 1. The van der Waals surface area contributed by atoms with Crippen molar-refractivity contribution in [3.63, 3.8) is 0 Å². The Labute approximate surface area is 129 Å². The number of amides is 1. The topological polar surface area (TPSA) is 76.1 Å². The summed E-state index contributed by atoms with van der Waals surface area (Å²) in [5.74, 6) is 0.0565. The monoisotopic (exact) mass is 307 g/mol. The number of rotatable bonds is 5. The summed E-state index contributed by atoms with van der Waals surface area (Å²) in [5, 5.41) is 9.24. The van der Waals surface area contributed by atoms with Crippen molar-refractivity contribution in [2.24, 2.45) is 0 Å². The molecule has 0 spiro atoms. The van der Waals surface area contributed by atoms with Crippen LogP contribution < -0.4 is 9.47 Å². The summed E-state index contributed by atoms with van der Waals surface area (Å²) in [6, 6.07) is 4.57. The molecule has 1 N–H and O–H groups in total. The Kier molecular flexibility index (Phi) is 5.25. The fourth-order valence-corrected chi connectivity index (χ4v) is 2.75. The third-order valence-corrected chi connectivity index (χ3v) is 3.91. The number of carbonyl (C=O) groups is 2. The molecule has 22 heavy (non-hydrogen) atoms. The molecule has 1 heterocycles. The number of methoxy groups -OCH3 is 2. The first-order chi connectivity index (χ1) is 10.6. The first-order valence-electron chi connectivity index (χ1n) is 7.30. The van der Waals surface area contributed by atoms with Gasteiger partial charge in [0, 0.05) is 6.54 Å². The molecule has 1 aromatic carbocycles. The first kappa shape index (κ1) is 16.1. The van der Waals surface area contributed by atoms with E-state index in [1.54, 1.807) is 25.3 Å². The van der Waals surface area contributed by atoms with Gasteiger partial charge in [0.2, 0.25) is 5.91 Å². The number of hydrogen-bond donors (Lipinski definition) is 1. The SMILES string of the molecule is COc1ccc(CC(=O)N2CCCCC2C(=O)O)cc1OC. The summed E-state index contributed by atoms with van der Waals surface area (Å²) < 4.78 is 10.4. The molecule has 0 bridgehead atoms. The Morgan fingerprint density at radius 3 is 2.59 bits per heavy atom. The average Bonchev–Trinajstić information content (AvgIpc) is 2.54. The van der Waals surface area contributed by atoms with Crippen molar-refractivity contribution >= 4 is 11.9 Å². The zero-order valence-corrected chi connectivity index (χ0v) is 12.9. The molecule has 1 aromatic rings. The lowest BCUT2D eigenvalue weighted by Crippen LogP contribution is -2.48. The van der Waals surface area contributed by atoms with Gasteiger partial charge in [0.15, 0.2) is 11.5 Å². The number of carboxylic acid groups (broad SMARTS) is 1. The fraction of sp³-hybridized carbons (Fsp3) is 0.500. The van der Waals surface area contributed by atoms with Gasteiger partial charge in [0.25, 0.3) is 0 Å². The molecule has 1 saturated heterocycles. The van der Waals surface area contributed by atoms with Crippen LogP contribution in [-0.2, 0) is 16.0 Å². The molecule has 1 amide bonds. The molecule has 0 radical (unpaired) electrons. The van der Waals surface area contributed by atoms with Gasteiger partial charge in [-0.05, 0) is 37.0 Å². The van der Waals surface area contributed by atoms with Crippen molar-refractivity contribution in [1.29, 1.82) is 0 Å². The summed E-state index contributed by atoms with van der Waals surface area (Å²) in [7, 11) is 3.09. The van der Waals surface area contributed by atoms with E-state index >= 15 is 0 Å². The quantitative estimate of drug-likeness (QED) is 0.896. The summed E-state index contributed by atoms with van der Waals surface area (Å²) in [5.41, 5.74) is 0.775. The van der Waals surface area contributed by atoms with Crippen molar-refractivity contribution < 1.29 is 24.2 Å². The lowest BCUT2D eigenvalue weighted by molar-refractivity contribution is -0.151. The summed E-state index contributed by atoms with van der Waals surface area (Å²) in [6.07, 6.45) is 2.37. The Bertz CT molecular complexity index is 557. The number of carboxylic acids is 1. The normalized spacial score (nSPS) is 17.9. The van der Waals surface area contributed by atoms with E-state index in [4.69, 9.17) is 9.47 Å². The van der Waals surface area contributed by atoms with Gasteiger partial charge in [-0.3, -0.25) is 4.79 Å². The first-order valence-corrected chi connectivity index (χ1v) is 7.30. The van der Waals surface area contributed by atoms with Crippen molar-refractivity contribution in [3.8, 4) is 11.5 Å². The summed E-state index contributed by atoms with van der Waals surface area (Å²) in [6.45, 7) is 0.503. The van der Waals surface area contributed by atoms with Crippen molar-refractivity contribution in [2.75, 3.05) is 20.8 Å². The molecule has 1 unspecified atom stereocenters. The molecule has 0 aliphatic carbocycles. The van der Waals surface area contributed by atoms with Crippen LogP contribution in [-0.4, -0.2) is 48.7 Å². The van der Waals surface area contributed by atoms with Crippen LogP contribution in [0.4, 0.5) is 0 Å². The Balaban J connectivity index is 2.12. The molecule has 1 atom stereocenters. The smallest absolute Gasteiger partial charge is 0.326 e. The molecular weight excluding hydrogens is 286 g/mol. The van der Waals surface area contributed by atoms with Crippen LogP contribution >= 0.6 is 0 Å². The summed E-state index contributed by atoms with van der Waals surface area (Å²) in [4.78, 5) is 25.2. The number of benzene rings is 1. The van der Waals surface area contributed by atoms with Gasteiger partial charge in [-0.1, -0.05) is 6.07 Å². The maximum Gasteiger partial charge on any atom is 0.326 e. The standard InChI is InChI=1S/C16H21NO5/c1-21-13-7-6-11(9-14(13)22-2)10-15(18)17-8-4-3-5-12(17)16(19)20/h6-7,9,12H,3-5,8,10H2,1-2H3,(H,19,20). The number of likely N-dealkylation sites (tertiary alicyclic amines) is 1. The molecule has 1 aliphatic rings. The van der Waals surface area contributed by atoms with Crippen LogP contribution in [0.2, 0.25) is 0 Å². The average molecular weight is 307 g/mol. The third kappa shape index (κ3) is 3.50. The van der Waals surface area contributed by atoms with Crippen molar-refractivity contribution in [1.82, 2.24) is 4.90 Å². The lowest BCUT2D eigenvalue weighted by atomic mass is 10.0. The fourth-order valence-electron chi connectivity index (χ4n) is 2.75. The van der Waals surface area contributed by atoms with Gasteiger partial charge in [-0.2, -0.15) is 0 Å². The van der Waals surface area contributed by atoms with Crippen LogP contribution in [0, 0.1) is 0 Å². The van der Waals surface area contributed by atoms with Gasteiger partial charge in [-0.25, -0.2) is 4.79 Å².